The van der Waals surface area contributed by atoms with E-state index in [-0.39, 0.29) is 11.8 Å². The van der Waals surface area contributed by atoms with Crippen molar-refractivity contribution in [1.29, 1.82) is 0 Å². The molecule has 1 amide bonds. The molecule has 0 radical (unpaired) electrons. The molecule has 1 heterocycles. The van der Waals surface area contributed by atoms with E-state index in [4.69, 9.17) is 4.74 Å². The van der Waals surface area contributed by atoms with Gasteiger partial charge in [0.25, 0.3) is 0 Å². The molecule has 2 aromatic rings. The fourth-order valence-electron chi connectivity index (χ4n) is 2.66. The summed E-state index contributed by atoms with van der Waals surface area (Å²) in [4.78, 5) is 14.2. The summed E-state index contributed by atoms with van der Waals surface area (Å²) in [6, 6.07) is 12.1. The molecule has 128 valence electrons. The summed E-state index contributed by atoms with van der Waals surface area (Å²) in [7, 11) is 1.67. The van der Waals surface area contributed by atoms with Crippen molar-refractivity contribution in [2.75, 3.05) is 13.7 Å². The largest absolute Gasteiger partial charge is 0.497 e. The van der Waals surface area contributed by atoms with Gasteiger partial charge in [0.2, 0.25) is 5.91 Å². The van der Waals surface area contributed by atoms with Crippen LogP contribution in [0.25, 0.3) is 0 Å². The normalized spacial score (nSPS) is 10.7. The number of methoxy groups -OCH3 is 1. The Morgan fingerprint density at radius 2 is 2.12 bits per heavy atom. The van der Waals surface area contributed by atoms with Crippen LogP contribution in [-0.4, -0.2) is 29.0 Å². The zero-order valence-corrected chi connectivity index (χ0v) is 14.7. The van der Waals surface area contributed by atoms with Gasteiger partial charge in [-0.25, -0.2) is 0 Å². The third kappa shape index (κ3) is 4.51. The van der Waals surface area contributed by atoms with Gasteiger partial charge < -0.3 is 14.2 Å². The van der Waals surface area contributed by atoms with Crippen LogP contribution in [0.4, 0.5) is 0 Å². The lowest BCUT2D eigenvalue weighted by Crippen LogP contribution is -2.34. The Morgan fingerprint density at radius 1 is 1.33 bits per heavy atom. The number of nitrogens with zero attached hydrogens (tertiary/aromatic N) is 2. The van der Waals surface area contributed by atoms with E-state index in [1.807, 2.05) is 49.2 Å². The third-order valence-electron chi connectivity index (χ3n) is 3.92. The van der Waals surface area contributed by atoms with Gasteiger partial charge in [-0.15, -0.1) is 6.58 Å². The number of ether oxygens (including phenoxy) is 1. The van der Waals surface area contributed by atoms with Crippen molar-refractivity contribution in [2.45, 2.75) is 26.9 Å². The Balaban J connectivity index is 2.16. The topological polar surface area (TPSA) is 34.5 Å². The molecule has 0 saturated carbocycles. The maximum atomic E-state index is 12.4. The first-order chi connectivity index (χ1) is 11.5. The van der Waals surface area contributed by atoms with E-state index < -0.39 is 0 Å². The van der Waals surface area contributed by atoms with Crippen molar-refractivity contribution in [3.05, 3.63) is 66.5 Å². The van der Waals surface area contributed by atoms with E-state index >= 15 is 0 Å². The monoisotopic (exact) mass is 326 g/mol. The van der Waals surface area contributed by atoms with Gasteiger partial charge in [-0.05, 0) is 29.8 Å². The highest BCUT2D eigenvalue weighted by molar-refractivity contribution is 5.78. The molecule has 4 nitrogen and oxygen atoms in total. The van der Waals surface area contributed by atoms with Crippen LogP contribution in [0.2, 0.25) is 0 Å². The van der Waals surface area contributed by atoms with E-state index in [1.54, 1.807) is 13.2 Å². The number of carbonyl (C=O) groups is 1. The molecule has 0 fully saturated rings. The predicted octanol–water partition coefficient (Wildman–Crippen LogP) is 3.72. The first-order valence-corrected chi connectivity index (χ1v) is 8.21. The standard InChI is InChI=1S/C20H26N2O2/c1-5-11-22(20(23)16(2)3)15-18-9-7-12-21(18)14-17-8-6-10-19(13-17)24-4/h5-10,12-13,16H,1,11,14-15H2,2-4H3. The zero-order valence-electron chi connectivity index (χ0n) is 14.7. The lowest BCUT2D eigenvalue weighted by atomic mass is 10.2. The average Bonchev–Trinajstić information content (AvgIpc) is 3.00. The van der Waals surface area contributed by atoms with Crippen molar-refractivity contribution in [1.82, 2.24) is 9.47 Å². The van der Waals surface area contributed by atoms with Gasteiger partial charge in [0.15, 0.2) is 0 Å². The summed E-state index contributed by atoms with van der Waals surface area (Å²) in [6.45, 7) is 9.50. The Hall–Kier alpha value is -2.49. The fourth-order valence-corrected chi connectivity index (χ4v) is 2.66. The summed E-state index contributed by atoms with van der Waals surface area (Å²) in [5, 5.41) is 0. The molecule has 24 heavy (non-hydrogen) atoms. The average molecular weight is 326 g/mol. The minimum atomic E-state index is -0.0215. The molecule has 1 aromatic heterocycles. The van der Waals surface area contributed by atoms with Crippen molar-refractivity contribution >= 4 is 5.91 Å². The molecule has 0 aliphatic heterocycles. The van der Waals surface area contributed by atoms with Crippen molar-refractivity contribution in [3.63, 3.8) is 0 Å². The molecular formula is C20H26N2O2. The molecular weight excluding hydrogens is 300 g/mol. The molecule has 2 rings (SSSR count). The maximum Gasteiger partial charge on any atom is 0.225 e. The second kappa shape index (κ2) is 8.39. The van der Waals surface area contributed by atoms with Crippen LogP contribution >= 0.6 is 0 Å². The number of hydrogen-bond donors (Lipinski definition) is 0. The zero-order chi connectivity index (χ0) is 17.5. The Labute approximate surface area is 144 Å². The molecule has 0 bridgehead atoms. The Kier molecular flexibility index (Phi) is 6.24. The second-order valence-electron chi connectivity index (χ2n) is 6.14. The number of rotatable bonds is 8. The Morgan fingerprint density at radius 3 is 2.79 bits per heavy atom. The van der Waals surface area contributed by atoms with E-state index in [9.17, 15) is 4.79 Å². The van der Waals surface area contributed by atoms with Crippen LogP contribution in [0.5, 0.6) is 5.75 Å². The summed E-state index contributed by atoms with van der Waals surface area (Å²) < 4.78 is 7.45. The molecule has 0 saturated heterocycles. The van der Waals surface area contributed by atoms with Gasteiger partial charge in [-0.3, -0.25) is 4.79 Å². The number of aromatic nitrogens is 1. The molecule has 0 unspecified atom stereocenters. The highest BCUT2D eigenvalue weighted by Crippen LogP contribution is 2.16. The van der Waals surface area contributed by atoms with Crippen LogP contribution in [0.3, 0.4) is 0 Å². The minimum Gasteiger partial charge on any atom is -0.497 e. The van der Waals surface area contributed by atoms with E-state index in [0.717, 1.165) is 23.6 Å². The molecule has 0 atom stereocenters. The summed E-state index contributed by atoms with van der Waals surface area (Å²) in [5.41, 5.74) is 2.27. The first-order valence-electron chi connectivity index (χ1n) is 8.21. The minimum absolute atomic E-state index is 0.0215. The van der Waals surface area contributed by atoms with Gasteiger partial charge >= 0.3 is 0 Å². The lowest BCUT2D eigenvalue weighted by Gasteiger charge is -2.24. The third-order valence-corrected chi connectivity index (χ3v) is 3.92. The van der Waals surface area contributed by atoms with E-state index in [0.29, 0.717) is 13.1 Å². The van der Waals surface area contributed by atoms with Gasteiger partial charge in [0, 0.05) is 30.9 Å². The fraction of sp³-hybridized carbons (Fsp3) is 0.350. The van der Waals surface area contributed by atoms with Crippen LogP contribution in [0, 0.1) is 5.92 Å². The van der Waals surface area contributed by atoms with Crippen molar-refractivity contribution in [3.8, 4) is 5.75 Å². The molecule has 1 aromatic carbocycles. The highest BCUT2D eigenvalue weighted by atomic mass is 16.5. The Bertz CT molecular complexity index is 688. The van der Waals surface area contributed by atoms with Crippen molar-refractivity contribution < 1.29 is 9.53 Å². The summed E-state index contributed by atoms with van der Waals surface area (Å²) in [5.74, 6) is 0.972. The smallest absolute Gasteiger partial charge is 0.225 e. The first kappa shape index (κ1) is 17.9. The quantitative estimate of drug-likeness (QED) is 0.693. The molecule has 0 aliphatic rings. The molecule has 0 spiro atoms. The maximum absolute atomic E-state index is 12.4. The van der Waals surface area contributed by atoms with Gasteiger partial charge in [-0.2, -0.15) is 0 Å². The second-order valence-corrected chi connectivity index (χ2v) is 6.14. The van der Waals surface area contributed by atoms with Crippen LogP contribution in [-0.2, 0) is 17.9 Å². The van der Waals surface area contributed by atoms with E-state index in [2.05, 4.69) is 23.3 Å². The lowest BCUT2D eigenvalue weighted by molar-refractivity contribution is -0.134. The molecule has 4 heteroatoms. The van der Waals surface area contributed by atoms with Crippen LogP contribution in [0.1, 0.15) is 25.1 Å². The summed E-state index contributed by atoms with van der Waals surface area (Å²) >= 11 is 0. The van der Waals surface area contributed by atoms with Gasteiger partial charge in [0.05, 0.1) is 13.7 Å². The number of carbonyl (C=O) groups excluding carboxylic acids is 1. The number of amides is 1. The SMILES string of the molecule is C=CCN(Cc1cccn1Cc1cccc(OC)c1)C(=O)C(C)C. The predicted molar refractivity (Wildman–Crippen MR) is 97.0 cm³/mol. The highest BCUT2D eigenvalue weighted by Gasteiger charge is 2.17. The molecule has 0 N–H and O–H groups in total. The van der Waals surface area contributed by atoms with Gasteiger partial charge in [-0.1, -0.05) is 32.1 Å². The van der Waals surface area contributed by atoms with Crippen LogP contribution < -0.4 is 4.74 Å². The number of benzene rings is 1. The van der Waals surface area contributed by atoms with E-state index in [1.165, 1.54) is 0 Å². The molecule has 0 aliphatic carbocycles. The number of hydrogen-bond acceptors (Lipinski definition) is 2. The van der Waals surface area contributed by atoms with Gasteiger partial charge in [0.1, 0.15) is 5.75 Å². The van der Waals surface area contributed by atoms with Crippen molar-refractivity contribution in [2.24, 2.45) is 5.92 Å². The summed E-state index contributed by atoms with van der Waals surface area (Å²) in [6.07, 6.45) is 3.82. The van der Waals surface area contributed by atoms with Crippen LogP contribution in [0.15, 0.2) is 55.3 Å².